The standard InChI is InChI=1S/C11H16N2O/c1-14-11-6-4-5-10(12-11)9-13-7-2-3-8-13/h4-6H,2-3,7-9H2,1H3. The molecule has 1 aromatic heterocycles. The highest BCUT2D eigenvalue weighted by Crippen LogP contribution is 2.13. The lowest BCUT2D eigenvalue weighted by molar-refractivity contribution is 0.323. The summed E-state index contributed by atoms with van der Waals surface area (Å²) in [6.45, 7) is 3.37. The fraction of sp³-hybridized carbons (Fsp3) is 0.545. The summed E-state index contributed by atoms with van der Waals surface area (Å²) in [5.41, 5.74) is 1.10. The van der Waals surface area contributed by atoms with E-state index in [0.717, 1.165) is 12.2 Å². The van der Waals surface area contributed by atoms with Crippen molar-refractivity contribution in [3.8, 4) is 5.88 Å². The first kappa shape index (κ1) is 9.46. The Morgan fingerprint density at radius 3 is 2.86 bits per heavy atom. The fourth-order valence-electron chi connectivity index (χ4n) is 1.83. The van der Waals surface area contributed by atoms with Gasteiger partial charge in [0, 0.05) is 12.6 Å². The lowest BCUT2D eigenvalue weighted by Crippen LogP contribution is -2.19. The minimum Gasteiger partial charge on any atom is -0.481 e. The summed E-state index contributed by atoms with van der Waals surface area (Å²) in [5.74, 6) is 0.710. The first-order valence-corrected chi connectivity index (χ1v) is 5.11. The smallest absolute Gasteiger partial charge is 0.213 e. The minimum atomic E-state index is 0.710. The zero-order chi connectivity index (χ0) is 9.80. The summed E-state index contributed by atoms with van der Waals surface area (Å²) in [6.07, 6.45) is 2.65. The SMILES string of the molecule is COc1cccc(CN2CCCC2)n1. The van der Waals surface area contributed by atoms with Gasteiger partial charge >= 0.3 is 0 Å². The van der Waals surface area contributed by atoms with E-state index in [9.17, 15) is 0 Å². The van der Waals surface area contributed by atoms with E-state index >= 15 is 0 Å². The molecule has 0 saturated carbocycles. The van der Waals surface area contributed by atoms with Crippen molar-refractivity contribution in [3.63, 3.8) is 0 Å². The predicted octanol–water partition coefficient (Wildman–Crippen LogP) is 1.69. The number of nitrogens with zero attached hydrogens (tertiary/aromatic N) is 2. The number of rotatable bonds is 3. The molecule has 1 aliphatic heterocycles. The molecule has 0 N–H and O–H groups in total. The van der Waals surface area contributed by atoms with E-state index in [0.29, 0.717) is 5.88 Å². The molecular formula is C11H16N2O. The molecule has 76 valence electrons. The molecule has 1 aromatic rings. The van der Waals surface area contributed by atoms with E-state index in [1.807, 2.05) is 12.1 Å². The lowest BCUT2D eigenvalue weighted by Gasteiger charge is -2.13. The van der Waals surface area contributed by atoms with Gasteiger partial charge in [0.05, 0.1) is 12.8 Å². The molecule has 14 heavy (non-hydrogen) atoms. The van der Waals surface area contributed by atoms with Crippen LogP contribution in [0.15, 0.2) is 18.2 Å². The van der Waals surface area contributed by atoms with Crippen LogP contribution >= 0.6 is 0 Å². The van der Waals surface area contributed by atoms with Gasteiger partial charge in [0.2, 0.25) is 5.88 Å². The highest BCUT2D eigenvalue weighted by atomic mass is 16.5. The van der Waals surface area contributed by atoms with Crippen molar-refractivity contribution in [1.82, 2.24) is 9.88 Å². The maximum Gasteiger partial charge on any atom is 0.213 e. The lowest BCUT2D eigenvalue weighted by atomic mass is 10.3. The summed E-state index contributed by atoms with van der Waals surface area (Å²) >= 11 is 0. The van der Waals surface area contributed by atoms with E-state index in [4.69, 9.17) is 4.74 Å². The Labute approximate surface area is 84.7 Å². The predicted molar refractivity (Wildman–Crippen MR) is 55.3 cm³/mol. The van der Waals surface area contributed by atoms with Crippen LogP contribution in [0.2, 0.25) is 0 Å². The Bertz CT molecular complexity index is 295. The summed E-state index contributed by atoms with van der Waals surface area (Å²) < 4.78 is 5.09. The third kappa shape index (κ3) is 2.23. The monoisotopic (exact) mass is 192 g/mol. The van der Waals surface area contributed by atoms with Crippen LogP contribution in [0.25, 0.3) is 0 Å². The van der Waals surface area contributed by atoms with Gasteiger partial charge in [-0.25, -0.2) is 4.98 Å². The molecule has 1 saturated heterocycles. The van der Waals surface area contributed by atoms with E-state index < -0.39 is 0 Å². The molecule has 3 heteroatoms. The second kappa shape index (κ2) is 4.42. The molecule has 0 radical (unpaired) electrons. The van der Waals surface area contributed by atoms with Crippen molar-refractivity contribution in [2.75, 3.05) is 20.2 Å². The summed E-state index contributed by atoms with van der Waals surface area (Å²) in [5, 5.41) is 0. The number of methoxy groups -OCH3 is 1. The number of hydrogen-bond donors (Lipinski definition) is 0. The second-order valence-electron chi connectivity index (χ2n) is 3.65. The van der Waals surface area contributed by atoms with Gasteiger partial charge in [-0.2, -0.15) is 0 Å². The van der Waals surface area contributed by atoms with Gasteiger partial charge in [0.1, 0.15) is 0 Å². The third-order valence-electron chi connectivity index (χ3n) is 2.57. The highest BCUT2D eigenvalue weighted by molar-refractivity contribution is 5.15. The summed E-state index contributed by atoms with van der Waals surface area (Å²) in [7, 11) is 1.65. The van der Waals surface area contributed by atoms with Crippen molar-refractivity contribution in [2.24, 2.45) is 0 Å². The van der Waals surface area contributed by atoms with E-state index in [1.165, 1.54) is 25.9 Å². The van der Waals surface area contributed by atoms with E-state index in [-0.39, 0.29) is 0 Å². The molecule has 0 bridgehead atoms. The quantitative estimate of drug-likeness (QED) is 0.728. The van der Waals surface area contributed by atoms with Crippen LogP contribution < -0.4 is 4.74 Å². The Morgan fingerprint density at radius 1 is 1.36 bits per heavy atom. The van der Waals surface area contributed by atoms with Gasteiger partial charge in [-0.05, 0) is 32.0 Å². The molecule has 0 atom stereocenters. The average molecular weight is 192 g/mol. The van der Waals surface area contributed by atoms with Crippen LogP contribution in [0.1, 0.15) is 18.5 Å². The molecule has 3 nitrogen and oxygen atoms in total. The second-order valence-corrected chi connectivity index (χ2v) is 3.65. The molecule has 0 aliphatic carbocycles. The molecule has 0 unspecified atom stereocenters. The van der Waals surface area contributed by atoms with Gasteiger partial charge in [0.25, 0.3) is 0 Å². The number of aromatic nitrogens is 1. The molecule has 1 fully saturated rings. The zero-order valence-electron chi connectivity index (χ0n) is 8.57. The maximum atomic E-state index is 5.09. The van der Waals surface area contributed by atoms with Crippen LogP contribution in [0, 0.1) is 0 Å². The number of ether oxygens (including phenoxy) is 1. The molecule has 0 aromatic carbocycles. The molecule has 2 heterocycles. The Morgan fingerprint density at radius 2 is 2.14 bits per heavy atom. The van der Waals surface area contributed by atoms with Gasteiger partial charge < -0.3 is 4.74 Å². The maximum absolute atomic E-state index is 5.09. The van der Waals surface area contributed by atoms with Crippen molar-refractivity contribution >= 4 is 0 Å². The highest BCUT2D eigenvalue weighted by Gasteiger charge is 2.12. The van der Waals surface area contributed by atoms with Crippen LogP contribution in [0.4, 0.5) is 0 Å². The Kier molecular flexibility index (Phi) is 2.99. The topological polar surface area (TPSA) is 25.4 Å². The molecule has 1 aliphatic rings. The normalized spacial score (nSPS) is 17.2. The van der Waals surface area contributed by atoms with Crippen LogP contribution in [0.3, 0.4) is 0 Å². The summed E-state index contributed by atoms with van der Waals surface area (Å²) in [6, 6.07) is 5.94. The minimum absolute atomic E-state index is 0.710. The summed E-state index contributed by atoms with van der Waals surface area (Å²) in [4.78, 5) is 6.82. The van der Waals surface area contributed by atoms with Crippen LogP contribution in [0.5, 0.6) is 5.88 Å². The Hall–Kier alpha value is -1.09. The number of hydrogen-bond acceptors (Lipinski definition) is 3. The van der Waals surface area contributed by atoms with Crippen molar-refractivity contribution in [3.05, 3.63) is 23.9 Å². The molecule has 0 spiro atoms. The van der Waals surface area contributed by atoms with E-state index in [1.54, 1.807) is 7.11 Å². The average Bonchev–Trinajstić information content (AvgIpc) is 2.71. The third-order valence-corrected chi connectivity index (χ3v) is 2.57. The van der Waals surface area contributed by atoms with Crippen molar-refractivity contribution in [2.45, 2.75) is 19.4 Å². The van der Waals surface area contributed by atoms with Crippen LogP contribution in [-0.4, -0.2) is 30.1 Å². The van der Waals surface area contributed by atoms with Gasteiger partial charge in [0.15, 0.2) is 0 Å². The molecule has 2 rings (SSSR count). The van der Waals surface area contributed by atoms with Crippen LogP contribution in [-0.2, 0) is 6.54 Å². The van der Waals surface area contributed by atoms with Gasteiger partial charge in [-0.3, -0.25) is 4.90 Å². The van der Waals surface area contributed by atoms with E-state index in [2.05, 4.69) is 16.0 Å². The Balaban J connectivity index is 2.00. The van der Waals surface area contributed by atoms with Gasteiger partial charge in [-0.15, -0.1) is 0 Å². The largest absolute Gasteiger partial charge is 0.481 e. The number of pyridine rings is 1. The number of likely N-dealkylation sites (tertiary alicyclic amines) is 1. The van der Waals surface area contributed by atoms with Gasteiger partial charge in [-0.1, -0.05) is 6.07 Å². The first-order valence-electron chi connectivity index (χ1n) is 5.11. The molecular weight excluding hydrogens is 176 g/mol. The first-order chi connectivity index (χ1) is 6.88. The molecule has 0 amide bonds. The van der Waals surface area contributed by atoms with Crippen molar-refractivity contribution < 1.29 is 4.74 Å². The zero-order valence-corrected chi connectivity index (χ0v) is 8.57. The fourth-order valence-corrected chi connectivity index (χ4v) is 1.83. The van der Waals surface area contributed by atoms with Crippen molar-refractivity contribution in [1.29, 1.82) is 0 Å².